The first kappa shape index (κ1) is 19.3. The number of fused-ring (bicyclic) bond motifs is 1. The van der Waals surface area contributed by atoms with Crippen molar-refractivity contribution in [2.75, 3.05) is 0 Å². The molecule has 1 aliphatic rings. The molecule has 0 bridgehead atoms. The molecule has 2 aromatic carbocycles. The molecule has 0 N–H and O–H groups in total. The first-order valence-corrected chi connectivity index (χ1v) is 9.60. The zero-order chi connectivity index (χ0) is 17.2. The quantitative estimate of drug-likeness (QED) is 0.474. The summed E-state index contributed by atoms with van der Waals surface area (Å²) in [6, 6.07) is 16.5. The number of nitrogens with zero attached hydrogens (tertiary/aromatic N) is 2. The Bertz CT molecular complexity index is 888. The molecule has 0 amide bonds. The van der Waals surface area contributed by atoms with Gasteiger partial charge in [0.25, 0.3) is 5.82 Å². The van der Waals surface area contributed by atoms with Crippen LogP contribution >= 0.6 is 35.6 Å². The maximum Gasteiger partial charge on any atom is 0.257 e. The first-order chi connectivity index (χ1) is 12.2. The molecule has 0 saturated carbocycles. The Balaban J connectivity index is 0.00000196. The van der Waals surface area contributed by atoms with Gasteiger partial charge in [-0.25, -0.2) is 9.13 Å². The zero-order valence-electron chi connectivity index (χ0n) is 14.5. The summed E-state index contributed by atoms with van der Waals surface area (Å²) < 4.78 is 4.84. The molecule has 2 heterocycles. The van der Waals surface area contributed by atoms with Crippen LogP contribution in [0.3, 0.4) is 0 Å². The van der Waals surface area contributed by atoms with Crippen molar-refractivity contribution in [2.24, 2.45) is 0 Å². The molecular formula is C21H22Cl3N2+. The van der Waals surface area contributed by atoms with Crippen LogP contribution in [0, 0.1) is 0 Å². The molecular weight excluding hydrogens is 387 g/mol. The van der Waals surface area contributed by atoms with Gasteiger partial charge in [-0.15, -0.1) is 12.4 Å². The van der Waals surface area contributed by atoms with Crippen molar-refractivity contribution < 1.29 is 4.57 Å². The van der Waals surface area contributed by atoms with Gasteiger partial charge in [0.05, 0.1) is 16.6 Å². The Labute approximate surface area is 170 Å². The van der Waals surface area contributed by atoms with Crippen LogP contribution in [-0.4, -0.2) is 4.57 Å². The normalized spacial score (nSPS) is 13.6. The fourth-order valence-corrected chi connectivity index (χ4v) is 4.05. The number of hydrogen-bond acceptors (Lipinski definition) is 0. The molecule has 0 fully saturated rings. The SMILES string of the molecule is Cl.Clc1cccc(C[n+]2cc(-c3ccccc3)n3c2CCCCC3)c1Cl. The molecule has 136 valence electrons. The van der Waals surface area contributed by atoms with Crippen molar-refractivity contribution in [1.82, 2.24) is 4.57 Å². The minimum absolute atomic E-state index is 0. The second kappa shape index (κ2) is 8.47. The molecule has 4 rings (SSSR count). The fraction of sp³-hybridized carbons (Fsp3) is 0.286. The second-order valence-corrected chi connectivity index (χ2v) is 7.38. The Kier molecular flexibility index (Phi) is 6.29. The summed E-state index contributed by atoms with van der Waals surface area (Å²) >= 11 is 12.6. The largest absolute Gasteiger partial charge is 0.257 e. The van der Waals surface area contributed by atoms with E-state index in [4.69, 9.17) is 23.2 Å². The Morgan fingerprint density at radius 3 is 2.54 bits per heavy atom. The average molecular weight is 409 g/mol. The fourth-order valence-electron chi connectivity index (χ4n) is 3.67. The van der Waals surface area contributed by atoms with Gasteiger partial charge >= 0.3 is 0 Å². The molecule has 0 aliphatic carbocycles. The Hall–Kier alpha value is -1.48. The molecule has 0 atom stereocenters. The summed E-state index contributed by atoms with van der Waals surface area (Å²) in [6.45, 7) is 1.83. The van der Waals surface area contributed by atoms with Gasteiger partial charge in [0.2, 0.25) is 0 Å². The van der Waals surface area contributed by atoms with Crippen LogP contribution in [0.15, 0.2) is 54.7 Å². The highest BCUT2D eigenvalue weighted by Gasteiger charge is 2.26. The average Bonchev–Trinajstić information content (AvgIpc) is 2.81. The number of aromatic nitrogens is 2. The summed E-state index contributed by atoms with van der Waals surface area (Å²) in [4.78, 5) is 0. The molecule has 5 heteroatoms. The highest BCUT2D eigenvalue weighted by Crippen LogP contribution is 2.27. The third kappa shape index (κ3) is 3.78. The van der Waals surface area contributed by atoms with E-state index in [-0.39, 0.29) is 12.4 Å². The van der Waals surface area contributed by atoms with Gasteiger partial charge in [-0.1, -0.05) is 65.7 Å². The molecule has 0 saturated heterocycles. The third-order valence-electron chi connectivity index (χ3n) is 4.94. The van der Waals surface area contributed by atoms with Crippen molar-refractivity contribution in [2.45, 2.75) is 38.8 Å². The van der Waals surface area contributed by atoms with Crippen LogP contribution in [0.4, 0.5) is 0 Å². The minimum Gasteiger partial charge on any atom is -0.229 e. The predicted molar refractivity (Wildman–Crippen MR) is 110 cm³/mol. The molecule has 0 spiro atoms. The van der Waals surface area contributed by atoms with E-state index in [1.54, 1.807) is 0 Å². The van der Waals surface area contributed by atoms with E-state index >= 15 is 0 Å². The maximum atomic E-state index is 6.43. The smallest absolute Gasteiger partial charge is 0.229 e. The Morgan fingerprint density at radius 1 is 0.923 bits per heavy atom. The summed E-state index contributed by atoms with van der Waals surface area (Å²) in [6.07, 6.45) is 7.13. The van der Waals surface area contributed by atoms with E-state index in [1.807, 2.05) is 12.1 Å². The van der Waals surface area contributed by atoms with Crippen molar-refractivity contribution in [1.29, 1.82) is 0 Å². The van der Waals surface area contributed by atoms with E-state index in [2.05, 4.69) is 51.7 Å². The van der Waals surface area contributed by atoms with E-state index in [0.717, 1.165) is 25.1 Å². The van der Waals surface area contributed by atoms with Crippen LogP contribution in [0.2, 0.25) is 10.0 Å². The summed E-state index contributed by atoms with van der Waals surface area (Å²) in [5.41, 5.74) is 3.62. The third-order valence-corrected chi connectivity index (χ3v) is 5.79. The van der Waals surface area contributed by atoms with Crippen LogP contribution < -0.4 is 4.57 Å². The van der Waals surface area contributed by atoms with Gasteiger partial charge in [-0.3, -0.25) is 0 Å². The number of benzene rings is 2. The summed E-state index contributed by atoms with van der Waals surface area (Å²) in [5.74, 6) is 1.38. The number of halogens is 3. The minimum atomic E-state index is 0. The molecule has 0 radical (unpaired) electrons. The number of imidazole rings is 1. The van der Waals surface area contributed by atoms with Crippen molar-refractivity contribution in [3.63, 3.8) is 0 Å². The molecule has 1 aromatic heterocycles. The lowest BCUT2D eigenvalue weighted by Crippen LogP contribution is -2.37. The van der Waals surface area contributed by atoms with Gasteiger partial charge in [-0.05, 0) is 25.3 Å². The highest BCUT2D eigenvalue weighted by molar-refractivity contribution is 6.42. The van der Waals surface area contributed by atoms with E-state index in [1.165, 1.54) is 36.3 Å². The zero-order valence-corrected chi connectivity index (χ0v) is 16.8. The van der Waals surface area contributed by atoms with Crippen molar-refractivity contribution in [3.8, 4) is 11.3 Å². The van der Waals surface area contributed by atoms with Crippen LogP contribution in [-0.2, 0) is 19.5 Å². The lowest BCUT2D eigenvalue weighted by molar-refractivity contribution is -0.695. The van der Waals surface area contributed by atoms with Gasteiger partial charge in [0.1, 0.15) is 12.7 Å². The van der Waals surface area contributed by atoms with Gasteiger partial charge in [0, 0.05) is 17.5 Å². The topological polar surface area (TPSA) is 8.81 Å². The number of hydrogen-bond donors (Lipinski definition) is 0. The van der Waals surface area contributed by atoms with Gasteiger partial charge in [-0.2, -0.15) is 0 Å². The highest BCUT2D eigenvalue weighted by atomic mass is 35.5. The maximum absolute atomic E-state index is 6.43. The van der Waals surface area contributed by atoms with Crippen LogP contribution in [0.5, 0.6) is 0 Å². The first-order valence-electron chi connectivity index (χ1n) is 8.84. The van der Waals surface area contributed by atoms with E-state index in [0.29, 0.717) is 10.0 Å². The summed E-state index contributed by atoms with van der Waals surface area (Å²) in [7, 11) is 0. The second-order valence-electron chi connectivity index (χ2n) is 6.60. The predicted octanol–water partition coefficient (Wildman–Crippen LogP) is 5.95. The van der Waals surface area contributed by atoms with Crippen LogP contribution in [0.1, 0.15) is 30.7 Å². The molecule has 0 unspecified atom stereocenters. The summed E-state index contributed by atoms with van der Waals surface area (Å²) in [5, 5.41) is 1.28. The lowest BCUT2D eigenvalue weighted by Gasteiger charge is -2.05. The van der Waals surface area contributed by atoms with Gasteiger partial charge < -0.3 is 0 Å². The number of rotatable bonds is 3. The Morgan fingerprint density at radius 2 is 1.73 bits per heavy atom. The van der Waals surface area contributed by atoms with Crippen molar-refractivity contribution >= 4 is 35.6 Å². The monoisotopic (exact) mass is 407 g/mol. The molecule has 3 aromatic rings. The van der Waals surface area contributed by atoms with E-state index in [9.17, 15) is 0 Å². The standard InChI is InChI=1S/C21H21Cl2N2.ClH/c22-18-11-7-10-17(21(18)23)14-24-15-19(16-8-3-1-4-9-16)25-13-6-2-5-12-20(24)25;/h1,3-4,7-11,15H,2,5-6,12-14H2;1H/q+1;. The molecule has 26 heavy (non-hydrogen) atoms. The van der Waals surface area contributed by atoms with Crippen molar-refractivity contribution in [3.05, 3.63) is 76.2 Å². The van der Waals surface area contributed by atoms with Crippen LogP contribution in [0.25, 0.3) is 11.3 Å². The van der Waals surface area contributed by atoms with E-state index < -0.39 is 0 Å². The molecule has 1 aliphatic heterocycles. The van der Waals surface area contributed by atoms with Gasteiger partial charge in [0.15, 0.2) is 5.69 Å². The lowest BCUT2D eigenvalue weighted by atomic mass is 10.1. The molecule has 2 nitrogen and oxygen atoms in total.